The third kappa shape index (κ3) is 4.90. The summed E-state index contributed by atoms with van der Waals surface area (Å²) in [6, 6.07) is 10.3. The van der Waals surface area contributed by atoms with E-state index in [9.17, 15) is 4.79 Å². The Morgan fingerprint density at radius 3 is 2.30 bits per heavy atom. The van der Waals surface area contributed by atoms with E-state index in [-0.39, 0.29) is 36.2 Å². The van der Waals surface area contributed by atoms with Crippen LogP contribution < -0.4 is 24.0 Å². The second kappa shape index (κ2) is 9.13. The second-order valence-corrected chi connectivity index (χ2v) is 4.74. The number of carbonyl (C=O) groups is 1. The van der Waals surface area contributed by atoms with Crippen LogP contribution in [0.1, 0.15) is 26.3 Å². The van der Waals surface area contributed by atoms with Gasteiger partial charge >= 0.3 is 5.97 Å². The van der Waals surface area contributed by atoms with Crippen LogP contribution in [-0.2, 0) is 16.1 Å². The van der Waals surface area contributed by atoms with Gasteiger partial charge in [-0.15, -0.1) is 0 Å². The number of hydrogen-bond donors (Lipinski definition) is 0. The largest absolute Gasteiger partial charge is 1.00 e. The molecule has 112 valence electrons. The van der Waals surface area contributed by atoms with Gasteiger partial charge in [0.25, 0.3) is 0 Å². The maximum atomic E-state index is 11.4. The van der Waals surface area contributed by atoms with Crippen LogP contribution in [-0.4, -0.2) is 29.8 Å². The standard InChI is InChI=1S/C16H24NO2.HI/c1-5-16(18)19-14(4)17(6-2,7-3)13-15-11-9-8-10-12-15;/h5,8-12,14H,1,6-7,13H2,2-4H3;1H/q+1;/p-1. The van der Waals surface area contributed by atoms with Crippen molar-refractivity contribution in [3.63, 3.8) is 0 Å². The number of halogens is 1. The monoisotopic (exact) mass is 389 g/mol. The number of benzene rings is 1. The van der Waals surface area contributed by atoms with Crippen molar-refractivity contribution in [1.29, 1.82) is 0 Å². The third-order valence-electron chi connectivity index (χ3n) is 3.82. The quantitative estimate of drug-likeness (QED) is 0.218. The number of nitrogens with zero attached hydrogens (tertiary/aromatic N) is 1. The Balaban J connectivity index is 0.00000361. The first-order valence-electron chi connectivity index (χ1n) is 6.80. The highest BCUT2D eigenvalue weighted by Gasteiger charge is 2.33. The van der Waals surface area contributed by atoms with Crippen LogP contribution in [0.15, 0.2) is 43.0 Å². The zero-order valence-electron chi connectivity index (χ0n) is 12.5. The van der Waals surface area contributed by atoms with Crippen LogP contribution >= 0.6 is 0 Å². The highest BCUT2D eigenvalue weighted by atomic mass is 127. The SMILES string of the molecule is C=CC(=O)OC(C)[N+](CC)(CC)Cc1ccccc1.[I-]. The summed E-state index contributed by atoms with van der Waals surface area (Å²) >= 11 is 0. The summed E-state index contributed by atoms with van der Waals surface area (Å²) in [4.78, 5) is 11.4. The predicted octanol–water partition coefficient (Wildman–Crippen LogP) is 0.122. The molecule has 1 rings (SSSR count). The van der Waals surface area contributed by atoms with Gasteiger partial charge in [0.2, 0.25) is 6.23 Å². The lowest BCUT2D eigenvalue weighted by atomic mass is 10.1. The highest BCUT2D eigenvalue weighted by molar-refractivity contribution is 5.81. The Morgan fingerprint density at radius 1 is 1.30 bits per heavy atom. The fourth-order valence-electron chi connectivity index (χ4n) is 2.37. The molecule has 3 nitrogen and oxygen atoms in total. The summed E-state index contributed by atoms with van der Waals surface area (Å²) in [5.74, 6) is -0.357. The molecule has 0 aliphatic rings. The molecule has 0 saturated carbocycles. The van der Waals surface area contributed by atoms with Crippen molar-refractivity contribution < 1.29 is 38.0 Å². The van der Waals surface area contributed by atoms with E-state index in [0.717, 1.165) is 24.1 Å². The average Bonchev–Trinajstić information content (AvgIpc) is 2.45. The summed E-state index contributed by atoms with van der Waals surface area (Å²) < 4.78 is 6.16. The van der Waals surface area contributed by atoms with Crippen molar-refractivity contribution in [2.75, 3.05) is 13.1 Å². The molecule has 0 amide bonds. The lowest BCUT2D eigenvalue weighted by molar-refractivity contribution is -0.976. The van der Waals surface area contributed by atoms with Gasteiger partial charge < -0.3 is 28.7 Å². The van der Waals surface area contributed by atoms with E-state index in [4.69, 9.17) is 4.74 Å². The van der Waals surface area contributed by atoms with Gasteiger partial charge in [-0.3, -0.25) is 4.48 Å². The van der Waals surface area contributed by atoms with Gasteiger partial charge in [0.05, 0.1) is 13.1 Å². The zero-order valence-corrected chi connectivity index (χ0v) is 14.7. The number of hydrogen-bond acceptors (Lipinski definition) is 2. The fraction of sp³-hybridized carbons (Fsp3) is 0.438. The summed E-state index contributed by atoms with van der Waals surface area (Å²) in [5, 5.41) is 0. The van der Waals surface area contributed by atoms with E-state index < -0.39 is 0 Å². The summed E-state index contributed by atoms with van der Waals surface area (Å²) in [7, 11) is 0. The van der Waals surface area contributed by atoms with Crippen LogP contribution in [0.4, 0.5) is 0 Å². The van der Waals surface area contributed by atoms with E-state index in [1.165, 1.54) is 11.6 Å². The molecule has 0 saturated heterocycles. The van der Waals surface area contributed by atoms with Gasteiger partial charge in [-0.05, 0) is 13.8 Å². The second-order valence-electron chi connectivity index (χ2n) is 4.74. The van der Waals surface area contributed by atoms with Crippen molar-refractivity contribution in [3.05, 3.63) is 48.6 Å². The number of esters is 1. The summed E-state index contributed by atoms with van der Waals surface area (Å²) in [6.07, 6.45) is 1.04. The van der Waals surface area contributed by atoms with Crippen molar-refractivity contribution in [3.8, 4) is 0 Å². The Bertz CT molecular complexity index is 416. The van der Waals surface area contributed by atoms with Crippen LogP contribution in [0.25, 0.3) is 0 Å². The molecule has 0 fully saturated rings. The Hall–Kier alpha value is -0.880. The molecule has 1 unspecified atom stereocenters. The predicted molar refractivity (Wildman–Crippen MR) is 77.2 cm³/mol. The fourth-order valence-corrected chi connectivity index (χ4v) is 2.37. The first-order chi connectivity index (χ1) is 9.07. The topological polar surface area (TPSA) is 26.3 Å². The molecule has 1 atom stereocenters. The van der Waals surface area contributed by atoms with E-state index in [2.05, 4.69) is 32.6 Å². The molecule has 20 heavy (non-hydrogen) atoms. The smallest absolute Gasteiger partial charge is 0.334 e. The van der Waals surface area contributed by atoms with Gasteiger partial charge in [-0.2, -0.15) is 0 Å². The Labute approximate surface area is 139 Å². The van der Waals surface area contributed by atoms with Crippen LogP contribution in [0.3, 0.4) is 0 Å². The van der Waals surface area contributed by atoms with Gasteiger partial charge in [0.1, 0.15) is 6.54 Å². The maximum absolute atomic E-state index is 11.4. The zero-order chi connectivity index (χ0) is 14.3. The maximum Gasteiger partial charge on any atom is 0.334 e. The first kappa shape index (κ1) is 19.1. The number of ether oxygens (including phenoxy) is 1. The number of carbonyl (C=O) groups excluding carboxylic acids is 1. The molecule has 4 heteroatoms. The molecule has 0 heterocycles. The van der Waals surface area contributed by atoms with Gasteiger partial charge in [-0.1, -0.05) is 36.9 Å². The normalized spacial score (nSPS) is 12.2. The van der Waals surface area contributed by atoms with Crippen molar-refractivity contribution >= 4 is 5.97 Å². The molecule has 1 aromatic rings. The molecule has 0 N–H and O–H groups in total. The number of quaternary nitrogens is 1. The minimum absolute atomic E-state index is 0. The van der Waals surface area contributed by atoms with Crippen molar-refractivity contribution in [2.45, 2.75) is 33.5 Å². The molecule has 0 aliphatic carbocycles. The minimum atomic E-state index is -0.357. The average molecular weight is 389 g/mol. The molecule has 0 spiro atoms. The summed E-state index contributed by atoms with van der Waals surface area (Å²) in [6.45, 7) is 12.4. The van der Waals surface area contributed by atoms with Crippen molar-refractivity contribution in [1.82, 2.24) is 0 Å². The third-order valence-corrected chi connectivity index (χ3v) is 3.82. The molecule has 1 aromatic carbocycles. The van der Waals surface area contributed by atoms with E-state index in [1.54, 1.807) is 0 Å². The van der Waals surface area contributed by atoms with Crippen LogP contribution in [0, 0.1) is 0 Å². The minimum Gasteiger partial charge on any atom is -1.00 e. The van der Waals surface area contributed by atoms with Crippen molar-refractivity contribution in [2.24, 2.45) is 0 Å². The van der Waals surface area contributed by atoms with Gasteiger partial charge in [-0.25, -0.2) is 4.79 Å². The molecule has 0 aliphatic heterocycles. The lowest BCUT2D eigenvalue weighted by Crippen LogP contribution is -3.00. The lowest BCUT2D eigenvalue weighted by Gasteiger charge is -2.41. The summed E-state index contributed by atoms with van der Waals surface area (Å²) in [5.41, 5.74) is 1.26. The molecule has 0 aromatic heterocycles. The molecule has 0 radical (unpaired) electrons. The van der Waals surface area contributed by atoms with Crippen LogP contribution in [0.2, 0.25) is 0 Å². The van der Waals surface area contributed by atoms with E-state index in [0.29, 0.717) is 0 Å². The molecular weight excluding hydrogens is 365 g/mol. The first-order valence-corrected chi connectivity index (χ1v) is 6.80. The van der Waals surface area contributed by atoms with Crippen LogP contribution in [0.5, 0.6) is 0 Å². The Morgan fingerprint density at radius 2 is 1.85 bits per heavy atom. The van der Waals surface area contributed by atoms with Gasteiger partial charge in [0.15, 0.2) is 0 Å². The van der Waals surface area contributed by atoms with E-state index >= 15 is 0 Å². The van der Waals surface area contributed by atoms with Gasteiger partial charge in [0, 0.05) is 18.6 Å². The van der Waals surface area contributed by atoms with E-state index in [1.807, 2.05) is 25.1 Å². The molecule has 0 bridgehead atoms. The molecular formula is C16H24INO2. The Kier molecular flexibility index (Phi) is 8.73. The highest BCUT2D eigenvalue weighted by Crippen LogP contribution is 2.20. The number of rotatable bonds is 7.